The molecule has 0 saturated carbocycles. The van der Waals surface area contributed by atoms with Crippen LogP contribution in [0, 0.1) is 5.92 Å². The summed E-state index contributed by atoms with van der Waals surface area (Å²) in [5.41, 5.74) is 1.93. The maximum atomic E-state index is 9.44. The average molecular weight is 234 g/mol. The van der Waals surface area contributed by atoms with Crippen molar-refractivity contribution in [3.63, 3.8) is 0 Å². The topological polar surface area (TPSA) is 36.4 Å². The molecular weight excluding hydrogens is 212 g/mol. The first-order valence-corrected chi connectivity index (χ1v) is 6.50. The average Bonchev–Trinajstić information content (AvgIpc) is 2.78. The molecule has 0 bridgehead atoms. The quantitative estimate of drug-likeness (QED) is 0.873. The summed E-state index contributed by atoms with van der Waals surface area (Å²) in [6.07, 6.45) is 3.95. The number of anilines is 1. The zero-order valence-corrected chi connectivity index (χ0v) is 10.9. The lowest BCUT2D eigenvalue weighted by atomic mass is 10.0. The lowest BCUT2D eigenvalue weighted by Gasteiger charge is -2.29. The Morgan fingerprint density at radius 3 is 2.65 bits per heavy atom. The van der Waals surface area contributed by atoms with Crippen molar-refractivity contribution in [2.75, 3.05) is 11.4 Å². The summed E-state index contributed by atoms with van der Waals surface area (Å²) >= 11 is 0. The zero-order valence-electron chi connectivity index (χ0n) is 10.9. The second-order valence-electron chi connectivity index (χ2n) is 5.26. The molecule has 0 spiro atoms. The fourth-order valence-electron chi connectivity index (χ4n) is 2.62. The first-order valence-electron chi connectivity index (χ1n) is 6.50. The Morgan fingerprint density at radius 2 is 2.12 bits per heavy atom. The van der Waals surface area contributed by atoms with Crippen LogP contribution in [0.4, 0.5) is 5.69 Å². The number of aliphatic hydroxyl groups is 1. The van der Waals surface area contributed by atoms with Gasteiger partial charge in [-0.25, -0.2) is 0 Å². The molecule has 1 aliphatic heterocycles. The Balaban J connectivity index is 2.16. The molecule has 2 rings (SSSR count). The predicted molar refractivity (Wildman–Crippen MR) is 70.1 cm³/mol. The Bertz CT molecular complexity index is 359. The lowest BCUT2D eigenvalue weighted by molar-refractivity contribution is 0.194. The molecule has 0 radical (unpaired) electrons. The molecule has 1 aromatic rings. The van der Waals surface area contributed by atoms with E-state index in [1.54, 1.807) is 6.92 Å². The van der Waals surface area contributed by atoms with E-state index in [1.165, 1.54) is 18.5 Å². The van der Waals surface area contributed by atoms with E-state index in [0.717, 1.165) is 12.2 Å². The minimum atomic E-state index is -0.483. The molecule has 0 aliphatic carbocycles. The Hall–Kier alpha value is -1.09. The fraction of sp³-hybridized carbons (Fsp3) is 0.643. The highest BCUT2D eigenvalue weighted by Gasteiger charge is 2.27. The van der Waals surface area contributed by atoms with Crippen LogP contribution in [0.3, 0.4) is 0 Å². The minimum absolute atomic E-state index is 0.483. The predicted octanol–water partition coefficient (Wildman–Crippen LogP) is 2.76. The van der Waals surface area contributed by atoms with Gasteiger partial charge in [0.2, 0.25) is 0 Å². The van der Waals surface area contributed by atoms with Crippen LogP contribution in [0.15, 0.2) is 18.3 Å². The van der Waals surface area contributed by atoms with Gasteiger partial charge < -0.3 is 10.0 Å². The molecular formula is C14H22N2O. The molecule has 3 nitrogen and oxygen atoms in total. The van der Waals surface area contributed by atoms with Gasteiger partial charge in [-0.3, -0.25) is 4.98 Å². The molecule has 1 unspecified atom stereocenters. The van der Waals surface area contributed by atoms with Gasteiger partial charge >= 0.3 is 0 Å². The number of rotatable bonds is 3. The highest BCUT2D eigenvalue weighted by atomic mass is 16.3. The van der Waals surface area contributed by atoms with Crippen molar-refractivity contribution in [1.82, 2.24) is 4.98 Å². The lowest BCUT2D eigenvalue weighted by Crippen LogP contribution is -2.33. The molecule has 3 heteroatoms. The van der Waals surface area contributed by atoms with Crippen molar-refractivity contribution in [2.45, 2.75) is 45.8 Å². The molecule has 1 N–H and O–H groups in total. The van der Waals surface area contributed by atoms with Crippen LogP contribution in [0.25, 0.3) is 0 Å². The largest absolute Gasteiger partial charge is 0.387 e. The van der Waals surface area contributed by atoms with E-state index in [1.807, 2.05) is 12.3 Å². The van der Waals surface area contributed by atoms with Crippen LogP contribution >= 0.6 is 0 Å². The molecule has 0 aromatic carbocycles. The van der Waals surface area contributed by atoms with E-state index in [0.29, 0.717) is 12.0 Å². The summed E-state index contributed by atoms with van der Waals surface area (Å²) in [7, 11) is 0. The monoisotopic (exact) mass is 234 g/mol. The minimum Gasteiger partial charge on any atom is -0.387 e. The molecule has 1 aliphatic rings. The molecule has 1 aromatic heterocycles. The molecule has 17 heavy (non-hydrogen) atoms. The van der Waals surface area contributed by atoms with Gasteiger partial charge in [-0.15, -0.1) is 0 Å². The number of aliphatic hydroxyl groups excluding tert-OH is 1. The SMILES string of the molecule is CC(C)C1CCCN1c1ccc([C@@H](C)O)nc1. The maximum Gasteiger partial charge on any atom is 0.0931 e. The maximum absolute atomic E-state index is 9.44. The molecule has 1 saturated heterocycles. The first-order chi connectivity index (χ1) is 8.09. The molecule has 1 fully saturated rings. The van der Waals surface area contributed by atoms with Crippen molar-refractivity contribution >= 4 is 5.69 Å². The molecule has 2 atom stereocenters. The van der Waals surface area contributed by atoms with Gasteiger partial charge in [-0.1, -0.05) is 13.8 Å². The Kier molecular flexibility index (Phi) is 3.67. The van der Waals surface area contributed by atoms with Gasteiger partial charge in [-0.2, -0.15) is 0 Å². The van der Waals surface area contributed by atoms with Crippen molar-refractivity contribution < 1.29 is 5.11 Å². The molecule has 0 amide bonds. The summed E-state index contributed by atoms with van der Waals surface area (Å²) in [5.74, 6) is 0.675. The van der Waals surface area contributed by atoms with Crippen molar-refractivity contribution in [3.8, 4) is 0 Å². The van der Waals surface area contributed by atoms with E-state index in [-0.39, 0.29) is 0 Å². The van der Waals surface area contributed by atoms with Crippen LogP contribution in [0.2, 0.25) is 0 Å². The second kappa shape index (κ2) is 5.05. The second-order valence-corrected chi connectivity index (χ2v) is 5.26. The van der Waals surface area contributed by atoms with E-state index >= 15 is 0 Å². The number of hydrogen-bond donors (Lipinski definition) is 1. The van der Waals surface area contributed by atoms with Crippen LogP contribution < -0.4 is 4.90 Å². The van der Waals surface area contributed by atoms with E-state index in [4.69, 9.17) is 0 Å². The number of hydrogen-bond acceptors (Lipinski definition) is 3. The van der Waals surface area contributed by atoms with Crippen LogP contribution in [-0.2, 0) is 0 Å². The van der Waals surface area contributed by atoms with Crippen LogP contribution in [0.1, 0.15) is 45.4 Å². The smallest absolute Gasteiger partial charge is 0.0931 e. The van der Waals surface area contributed by atoms with Gasteiger partial charge in [0.15, 0.2) is 0 Å². The van der Waals surface area contributed by atoms with Gasteiger partial charge in [0.1, 0.15) is 0 Å². The van der Waals surface area contributed by atoms with Crippen molar-refractivity contribution in [3.05, 3.63) is 24.0 Å². The van der Waals surface area contributed by atoms with Crippen LogP contribution in [0.5, 0.6) is 0 Å². The number of aromatic nitrogens is 1. The van der Waals surface area contributed by atoms with Crippen LogP contribution in [-0.4, -0.2) is 22.7 Å². The van der Waals surface area contributed by atoms with Gasteiger partial charge in [0.05, 0.1) is 23.7 Å². The van der Waals surface area contributed by atoms with Gasteiger partial charge in [-0.05, 0) is 37.8 Å². The third-order valence-electron chi connectivity index (χ3n) is 3.60. The fourth-order valence-corrected chi connectivity index (χ4v) is 2.62. The third-order valence-corrected chi connectivity index (χ3v) is 3.60. The molecule has 2 heterocycles. The van der Waals surface area contributed by atoms with E-state index in [2.05, 4.69) is 29.8 Å². The Labute approximate surface area is 103 Å². The summed E-state index contributed by atoms with van der Waals surface area (Å²) < 4.78 is 0. The highest BCUT2D eigenvalue weighted by Crippen LogP contribution is 2.29. The van der Waals surface area contributed by atoms with Gasteiger partial charge in [0, 0.05) is 12.6 Å². The highest BCUT2D eigenvalue weighted by molar-refractivity contribution is 5.47. The number of pyridine rings is 1. The number of nitrogens with zero attached hydrogens (tertiary/aromatic N) is 2. The van der Waals surface area contributed by atoms with E-state index < -0.39 is 6.10 Å². The Morgan fingerprint density at radius 1 is 1.35 bits per heavy atom. The van der Waals surface area contributed by atoms with Crippen molar-refractivity contribution in [1.29, 1.82) is 0 Å². The summed E-state index contributed by atoms with van der Waals surface area (Å²) in [6.45, 7) is 7.43. The van der Waals surface area contributed by atoms with Gasteiger partial charge in [0.25, 0.3) is 0 Å². The van der Waals surface area contributed by atoms with E-state index in [9.17, 15) is 5.11 Å². The van der Waals surface area contributed by atoms with Crippen molar-refractivity contribution in [2.24, 2.45) is 5.92 Å². The summed E-state index contributed by atoms with van der Waals surface area (Å²) in [4.78, 5) is 6.77. The summed E-state index contributed by atoms with van der Waals surface area (Å²) in [5, 5.41) is 9.44. The molecule has 94 valence electrons. The third kappa shape index (κ3) is 2.60. The summed E-state index contributed by atoms with van der Waals surface area (Å²) in [6, 6.07) is 4.64. The zero-order chi connectivity index (χ0) is 12.4. The standard InChI is InChI=1S/C14H22N2O/c1-10(2)14-5-4-8-16(14)12-6-7-13(11(3)17)15-9-12/h6-7,9-11,14,17H,4-5,8H2,1-3H3/t11-,14?/m1/s1. The first kappa shape index (κ1) is 12.4. The normalized spacial score (nSPS) is 22.2.